The summed E-state index contributed by atoms with van der Waals surface area (Å²) in [6.07, 6.45) is 2.08. The lowest BCUT2D eigenvalue weighted by molar-refractivity contribution is 0.123. The second kappa shape index (κ2) is 8.56. The fourth-order valence-electron chi connectivity index (χ4n) is 2.89. The smallest absolute Gasteiger partial charge is 0.125 e. The lowest BCUT2D eigenvalue weighted by atomic mass is 10.0. The van der Waals surface area contributed by atoms with Crippen LogP contribution in [-0.4, -0.2) is 37.8 Å². The van der Waals surface area contributed by atoms with E-state index < -0.39 is 0 Å². The number of morpholine rings is 1. The Balaban J connectivity index is 1.70. The molecule has 1 aliphatic heterocycles. The minimum atomic E-state index is 0.275. The number of benzene rings is 1. The summed E-state index contributed by atoms with van der Waals surface area (Å²) in [4.78, 5) is 7.10. The van der Waals surface area contributed by atoms with Crippen LogP contribution in [0.2, 0.25) is 0 Å². The van der Waals surface area contributed by atoms with E-state index in [1.54, 1.807) is 11.3 Å². The van der Waals surface area contributed by atoms with E-state index in [4.69, 9.17) is 15.5 Å². The minimum Gasteiger partial charge on any atom is -0.378 e. The number of hydrogen-bond donors (Lipinski definition) is 1. The Morgan fingerprint density at radius 3 is 2.68 bits per heavy atom. The number of thiazole rings is 1. The van der Waals surface area contributed by atoms with Gasteiger partial charge in [-0.15, -0.1) is 0 Å². The standard InChI is InChI=1S/C19H24FN3OS/c1-14-19(23-8-10-24-11-9-23)25-18(22-14)17-6-4-15(5-7-17)2-3-16(12-20)13-21/h4-7,12H,2-3,8-11,13,21H2,1H3/b16-12-. The molecular weight excluding hydrogens is 337 g/mol. The van der Waals surface area contributed by atoms with Gasteiger partial charge in [0, 0.05) is 25.2 Å². The second-order valence-electron chi connectivity index (χ2n) is 6.18. The summed E-state index contributed by atoms with van der Waals surface area (Å²) >= 11 is 1.73. The maximum absolute atomic E-state index is 12.6. The third-order valence-corrected chi connectivity index (χ3v) is 5.69. The number of halogens is 1. The van der Waals surface area contributed by atoms with Crippen molar-refractivity contribution >= 4 is 16.3 Å². The van der Waals surface area contributed by atoms with Crippen LogP contribution >= 0.6 is 11.3 Å². The van der Waals surface area contributed by atoms with E-state index in [1.807, 2.05) is 0 Å². The molecule has 0 amide bonds. The van der Waals surface area contributed by atoms with Gasteiger partial charge in [0.15, 0.2) is 0 Å². The molecule has 0 bridgehead atoms. The van der Waals surface area contributed by atoms with Gasteiger partial charge in [0.25, 0.3) is 0 Å². The van der Waals surface area contributed by atoms with E-state index in [2.05, 4.69) is 36.1 Å². The highest BCUT2D eigenvalue weighted by Gasteiger charge is 2.18. The molecule has 1 aliphatic rings. The maximum atomic E-state index is 12.6. The number of rotatable bonds is 6. The van der Waals surface area contributed by atoms with Gasteiger partial charge < -0.3 is 15.4 Å². The van der Waals surface area contributed by atoms with Gasteiger partial charge >= 0.3 is 0 Å². The number of ether oxygens (including phenoxy) is 1. The van der Waals surface area contributed by atoms with Crippen LogP contribution in [0.25, 0.3) is 10.6 Å². The number of nitrogens with two attached hydrogens (primary N) is 1. The molecule has 3 rings (SSSR count). The van der Waals surface area contributed by atoms with E-state index >= 15 is 0 Å². The number of hydrogen-bond acceptors (Lipinski definition) is 5. The van der Waals surface area contributed by atoms with Crippen molar-refractivity contribution in [3.63, 3.8) is 0 Å². The van der Waals surface area contributed by atoms with Crippen molar-refractivity contribution in [3.05, 3.63) is 47.4 Å². The summed E-state index contributed by atoms with van der Waals surface area (Å²) in [6.45, 7) is 5.74. The normalized spacial score (nSPS) is 15.6. The average molecular weight is 361 g/mol. The first-order valence-electron chi connectivity index (χ1n) is 8.59. The zero-order valence-corrected chi connectivity index (χ0v) is 15.3. The molecule has 1 saturated heterocycles. The van der Waals surface area contributed by atoms with E-state index in [-0.39, 0.29) is 6.54 Å². The van der Waals surface area contributed by atoms with E-state index in [9.17, 15) is 4.39 Å². The molecule has 0 aliphatic carbocycles. The molecule has 0 saturated carbocycles. The van der Waals surface area contributed by atoms with E-state index in [0.29, 0.717) is 18.3 Å². The summed E-state index contributed by atoms with van der Waals surface area (Å²) in [7, 11) is 0. The maximum Gasteiger partial charge on any atom is 0.125 e. The second-order valence-corrected chi connectivity index (χ2v) is 7.15. The van der Waals surface area contributed by atoms with Crippen LogP contribution in [-0.2, 0) is 11.2 Å². The van der Waals surface area contributed by atoms with E-state index in [1.165, 1.54) is 10.6 Å². The number of aromatic nitrogens is 1. The largest absolute Gasteiger partial charge is 0.378 e. The quantitative estimate of drug-likeness (QED) is 0.852. The Morgan fingerprint density at radius 1 is 1.32 bits per heavy atom. The summed E-state index contributed by atoms with van der Waals surface area (Å²) in [5, 5.41) is 2.28. The van der Waals surface area contributed by atoms with Crippen molar-refractivity contribution < 1.29 is 9.13 Å². The molecule has 25 heavy (non-hydrogen) atoms. The highest BCUT2D eigenvalue weighted by Crippen LogP contribution is 2.34. The summed E-state index contributed by atoms with van der Waals surface area (Å²) in [5.41, 5.74) is 9.52. The average Bonchev–Trinajstić information content (AvgIpc) is 3.05. The molecule has 4 nitrogen and oxygen atoms in total. The molecule has 1 aromatic carbocycles. The highest BCUT2D eigenvalue weighted by molar-refractivity contribution is 7.19. The number of nitrogens with zero attached hydrogens (tertiary/aromatic N) is 2. The van der Waals surface area contributed by atoms with Gasteiger partial charge in [0.2, 0.25) is 0 Å². The molecule has 6 heteroatoms. The fraction of sp³-hybridized carbons (Fsp3) is 0.421. The summed E-state index contributed by atoms with van der Waals surface area (Å²) < 4.78 is 18.0. The van der Waals surface area contributed by atoms with Crippen molar-refractivity contribution in [1.29, 1.82) is 0 Å². The molecule has 0 spiro atoms. The Kier molecular flexibility index (Phi) is 6.18. The van der Waals surface area contributed by atoms with Crippen LogP contribution in [0, 0.1) is 6.92 Å². The Bertz CT molecular complexity index is 721. The molecule has 1 aromatic heterocycles. The van der Waals surface area contributed by atoms with Gasteiger partial charge in [-0.25, -0.2) is 9.37 Å². The summed E-state index contributed by atoms with van der Waals surface area (Å²) in [6, 6.07) is 8.37. The Morgan fingerprint density at radius 2 is 2.04 bits per heavy atom. The Hall–Kier alpha value is -1.76. The lowest BCUT2D eigenvalue weighted by Crippen LogP contribution is -2.36. The van der Waals surface area contributed by atoms with Crippen molar-refractivity contribution in [3.8, 4) is 10.6 Å². The molecule has 2 N–H and O–H groups in total. The van der Waals surface area contributed by atoms with Crippen LogP contribution in [0.15, 0.2) is 36.2 Å². The van der Waals surface area contributed by atoms with Crippen LogP contribution in [0.3, 0.4) is 0 Å². The molecule has 0 radical (unpaired) electrons. The van der Waals surface area contributed by atoms with Crippen LogP contribution in [0.5, 0.6) is 0 Å². The topological polar surface area (TPSA) is 51.4 Å². The van der Waals surface area contributed by atoms with Gasteiger partial charge in [-0.1, -0.05) is 35.6 Å². The van der Waals surface area contributed by atoms with Gasteiger partial charge in [0.05, 0.1) is 25.2 Å². The third kappa shape index (κ3) is 4.45. The van der Waals surface area contributed by atoms with Crippen LogP contribution in [0.4, 0.5) is 9.39 Å². The number of aryl methyl sites for hydroxylation is 2. The molecule has 134 valence electrons. The zero-order valence-electron chi connectivity index (χ0n) is 14.5. The molecule has 0 atom stereocenters. The molecule has 0 unspecified atom stereocenters. The predicted octanol–water partition coefficient (Wildman–Crippen LogP) is 3.70. The molecule has 2 aromatic rings. The third-order valence-electron chi connectivity index (χ3n) is 4.42. The Labute approximate surface area is 152 Å². The van der Waals surface area contributed by atoms with Gasteiger partial charge in [0.1, 0.15) is 10.0 Å². The SMILES string of the molecule is Cc1nc(-c2ccc(CC/C(=C/F)CN)cc2)sc1N1CCOCC1. The zero-order chi connectivity index (χ0) is 17.6. The van der Waals surface area contributed by atoms with Crippen molar-refractivity contribution in [2.24, 2.45) is 5.73 Å². The van der Waals surface area contributed by atoms with Gasteiger partial charge in [-0.2, -0.15) is 0 Å². The highest BCUT2D eigenvalue weighted by atomic mass is 32.1. The van der Waals surface area contributed by atoms with Crippen molar-refractivity contribution in [2.75, 3.05) is 37.7 Å². The van der Waals surface area contributed by atoms with Gasteiger partial charge in [-0.05, 0) is 30.9 Å². The fourth-order valence-corrected chi connectivity index (χ4v) is 4.02. The lowest BCUT2D eigenvalue weighted by Gasteiger charge is -2.27. The molecular formula is C19H24FN3OS. The van der Waals surface area contributed by atoms with Crippen molar-refractivity contribution in [1.82, 2.24) is 4.98 Å². The monoisotopic (exact) mass is 361 g/mol. The number of anilines is 1. The van der Waals surface area contributed by atoms with Crippen LogP contribution < -0.4 is 10.6 Å². The minimum absolute atomic E-state index is 0.275. The first-order valence-corrected chi connectivity index (χ1v) is 9.40. The van der Waals surface area contributed by atoms with Gasteiger partial charge in [-0.3, -0.25) is 0 Å². The first-order chi connectivity index (χ1) is 12.2. The summed E-state index contributed by atoms with van der Waals surface area (Å²) in [5.74, 6) is 0. The van der Waals surface area contributed by atoms with E-state index in [0.717, 1.165) is 49.0 Å². The first kappa shape index (κ1) is 18.0. The molecule has 2 heterocycles. The van der Waals surface area contributed by atoms with Crippen molar-refractivity contribution in [2.45, 2.75) is 19.8 Å². The predicted molar refractivity (Wildman–Crippen MR) is 102 cm³/mol. The molecule has 1 fully saturated rings. The van der Waals surface area contributed by atoms with Crippen LogP contribution in [0.1, 0.15) is 17.7 Å².